The highest BCUT2D eigenvalue weighted by atomic mass is 15.1. The van der Waals surface area contributed by atoms with Gasteiger partial charge in [-0.1, -0.05) is 27.2 Å². The van der Waals surface area contributed by atoms with Gasteiger partial charge in [-0.2, -0.15) is 0 Å². The Morgan fingerprint density at radius 3 is 2.76 bits per heavy atom. The number of aromatic nitrogens is 2. The molecule has 1 heterocycles. The fourth-order valence-electron chi connectivity index (χ4n) is 1.98. The summed E-state index contributed by atoms with van der Waals surface area (Å²) in [7, 11) is 0. The maximum absolute atomic E-state index is 4.44. The molecule has 0 radical (unpaired) electrons. The van der Waals surface area contributed by atoms with E-state index in [0.29, 0.717) is 6.04 Å². The Balaban J connectivity index is 2.43. The van der Waals surface area contributed by atoms with Crippen LogP contribution in [0.3, 0.4) is 0 Å². The normalized spacial score (nSPS) is 14.8. The van der Waals surface area contributed by atoms with Gasteiger partial charge in [0.2, 0.25) is 0 Å². The fraction of sp³-hybridized carbons (Fsp3) is 0.786. The van der Waals surface area contributed by atoms with Gasteiger partial charge >= 0.3 is 0 Å². The minimum Gasteiger partial charge on any atom is -0.334 e. The van der Waals surface area contributed by atoms with Crippen molar-refractivity contribution in [1.29, 1.82) is 0 Å². The first-order chi connectivity index (χ1) is 8.17. The molecule has 1 rings (SSSR count). The lowest BCUT2D eigenvalue weighted by atomic mass is 10.0. The van der Waals surface area contributed by atoms with E-state index in [1.165, 1.54) is 19.3 Å². The van der Waals surface area contributed by atoms with Gasteiger partial charge in [-0.05, 0) is 32.2 Å². The maximum Gasteiger partial charge on any atom is 0.0952 e. The Morgan fingerprint density at radius 2 is 2.12 bits per heavy atom. The average Bonchev–Trinajstić information content (AvgIpc) is 2.78. The van der Waals surface area contributed by atoms with Crippen molar-refractivity contribution >= 4 is 0 Å². The smallest absolute Gasteiger partial charge is 0.0952 e. The van der Waals surface area contributed by atoms with Crippen LogP contribution in [0.4, 0.5) is 0 Å². The van der Waals surface area contributed by atoms with E-state index in [-0.39, 0.29) is 0 Å². The van der Waals surface area contributed by atoms with Crippen LogP contribution in [-0.4, -0.2) is 16.1 Å². The predicted octanol–water partition coefficient (Wildman–Crippen LogP) is 3.38. The zero-order valence-electron chi connectivity index (χ0n) is 11.7. The Morgan fingerprint density at radius 1 is 1.35 bits per heavy atom. The molecule has 0 saturated heterocycles. The van der Waals surface area contributed by atoms with Crippen molar-refractivity contribution in [1.82, 2.24) is 14.9 Å². The molecule has 0 aromatic carbocycles. The summed E-state index contributed by atoms with van der Waals surface area (Å²) in [6.07, 6.45) is 7.80. The van der Waals surface area contributed by atoms with Crippen LogP contribution in [0, 0.1) is 5.92 Å². The Kier molecular flexibility index (Phi) is 6.27. The molecular formula is C14H27N3. The van der Waals surface area contributed by atoms with E-state index in [2.05, 4.69) is 48.8 Å². The van der Waals surface area contributed by atoms with Crippen molar-refractivity contribution in [2.75, 3.05) is 6.54 Å². The molecule has 0 saturated carbocycles. The zero-order chi connectivity index (χ0) is 12.7. The maximum atomic E-state index is 4.44. The van der Waals surface area contributed by atoms with Gasteiger partial charge in [0, 0.05) is 18.8 Å². The second kappa shape index (κ2) is 7.49. The molecule has 1 aromatic heterocycles. The molecule has 0 spiro atoms. The van der Waals surface area contributed by atoms with Gasteiger partial charge in [-0.15, -0.1) is 0 Å². The monoisotopic (exact) mass is 237 g/mol. The third-order valence-corrected chi connectivity index (χ3v) is 3.34. The van der Waals surface area contributed by atoms with E-state index in [4.69, 9.17) is 0 Å². The molecule has 0 amide bonds. The number of rotatable bonds is 8. The topological polar surface area (TPSA) is 29.9 Å². The number of nitrogens with one attached hydrogen (secondary N) is 1. The zero-order valence-corrected chi connectivity index (χ0v) is 11.7. The lowest BCUT2D eigenvalue weighted by Gasteiger charge is -2.16. The number of hydrogen-bond donors (Lipinski definition) is 1. The van der Waals surface area contributed by atoms with E-state index < -0.39 is 0 Å². The summed E-state index contributed by atoms with van der Waals surface area (Å²) in [6.45, 7) is 11.0. The third-order valence-electron chi connectivity index (χ3n) is 3.34. The first-order valence-corrected chi connectivity index (χ1v) is 6.90. The second-order valence-electron chi connectivity index (χ2n) is 5.09. The van der Waals surface area contributed by atoms with Crippen LogP contribution in [0.2, 0.25) is 0 Å². The first kappa shape index (κ1) is 14.2. The Hall–Kier alpha value is -0.830. The minimum atomic E-state index is 0.553. The molecule has 0 aliphatic heterocycles. The van der Waals surface area contributed by atoms with Gasteiger partial charge in [0.1, 0.15) is 0 Å². The molecule has 3 heteroatoms. The average molecular weight is 237 g/mol. The molecule has 1 N–H and O–H groups in total. The molecule has 2 atom stereocenters. The molecule has 3 nitrogen and oxygen atoms in total. The SMILES string of the molecule is CCCNCc1cn(C(C)CC(C)CC)cn1. The molecule has 1 aromatic rings. The summed E-state index contributed by atoms with van der Waals surface area (Å²) in [5.41, 5.74) is 1.15. The lowest BCUT2D eigenvalue weighted by Crippen LogP contribution is -2.14. The van der Waals surface area contributed by atoms with Crippen molar-refractivity contribution in [2.24, 2.45) is 5.92 Å². The number of imidazole rings is 1. The van der Waals surface area contributed by atoms with Gasteiger partial charge in [0.15, 0.2) is 0 Å². The molecule has 0 bridgehead atoms. The molecule has 0 fully saturated rings. The minimum absolute atomic E-state index is 0.553. The summed E-state index contributed by atoms with van der Waals surface area (Å²) in [6, 6.07) is 0.553. The van der Waals surface area contributed by atoms with E-state index in [9.17, 15) is 0 Å². The highest BCUT2D eigenvalue weighted by molar-refractivity contribution is 4.97. The van der Waals surface area contributed by atoms with Crippen LogP contribution in [-0.2, 0) is 6.54 Å². The van der Waals surface area contributed by atoms with Crippen molar-refractivity contribution in [3.63, 3.8) is 0 Å². The molecule has 0 aliphatic carbocycles. The van der Waals surface area contributed by atoms with Gasteiger partial charge in [0.25, 0.3) is 0 Å². The standard InChI is InChI=1S/C14H27N3/c1-5-7-15-9-14-10-17(11-16-14)13(4)8-12(3)6-2/h10-13,15H,5-9H2,1-4H3. The van der Waals surface area contributed by atoms with Crippen LogP contribution in [0.15, 0.2) is 12.5 Å². The van der Waals surface area contributed by atoms with Crippen LogP contribution in [0.25, 0.3) is 0 Å². The van der Waals surface area contributed by atoms with Crippen LogP contribution in [0.1, 0.15) is 58.7 Å². The number of nitrogens with zero attached hydrogens (tertiary/aromatic N) is 2. The van der Waals surface area contributed by atoms with Crippen LogP contribution in [0.5, 0.6) is 0 Å². The van der Waals surface area contributed by atoms with Crippen molar-refractivity contribution in [2.45, 2.75) is 59.5 Å². The lowest BCUT2D eigenvalue weighted by molar-refractivity contribution is 0.398. The molecule has 98 valence electrons. The van der Waals surface area contributed by atoms with E-state index in [1.54, 1.807) is 0 Å². The second-order valence-corrected chi connectivity index (χ2v) is 5.09. The molecule has 17 heavy (non-hydrogen) atoms. The highest BCUT2D eigenvalue weighted by Crippen LogP contribution is 2.19. The van der Waals surface area contributed by atoms with Gasteiger partial charge in [0.05, 0.1) is 12.0 Å². The van der Waals surface area contributed by atoms with Crippen molar-refractivity contribution in [3.8, 4) is 0 Å². The number of hydrogen-bond acceptors (Lipinski definition) is 2. The summed E-state index contributed by atoms with van der Waals surface area (Å²) in [5.74, 6) is 0.786. The summed E-state index contributed by atoms with van der Waals surface area (Å²) < 4.78 is 2.25. The highest BCUT2D eigenvalue weighted by Gasteiger charge is 2.09. The van der Waals surface area contributed by atoms with Crippen molar-refractivity contribution < 1.29 is 0 Å². The molecule has 2 unspecified atom stereocenters. The first-order valence-electron chi connectivity index (χ1n) is 6.90. The fourth-order valence-corrected chi connectivity index (χ4v) is 1.98. The molecule has 0 aliphatic rings. The van der Waals surface area contributed by atoms with Crippen LogP contribution < -0.4 is 5.32 Å². The summed E-state index contributed by atoms with van der Waals surface area (Å²) >= 11 is 0. The summed E-state index contributed by atoms with van der Waals surface area (Å²) in [4.78, 5) is 4.44. The molecular weight excluding hydrogens is 210 g/mol. The van der Waals surface area contributed by atoms with Crippen LogP contribution >= 0.6 is 0 Å². The third kappa shape index (κ3) is 4.90. The Labute approximate surface area is 106 Å². The van der Waals surface area contributed by atoms with Crippen molar-refractivity contribution in [3.05, 3.63) is 18.2 Å². The van der Waals surface area contributed by atoms with E-state index in [0.717, 1.165) is 24.7 Å². The predicted molar refractivity (Wildman–Crippen MR) is 73.0 cm³/mol. The van der Waals surface area contributed by atoms with E-state index in [1.807, 2.05) is 6.33 Å². The quantitative estimate of drug-likeness (QED) is 0.702. The van der Waals surface area contributed by atoms with E-state index >= 15 is 0 Å². The van der Waals surface area contributed by atoms with Gasteiger partial charge in [-0.3, -0.25) is 0 Å². The largest absolute Gasteiger partial charge is 0.334 e. The van der Waals surface area contributed by atoms with Gasteiger partial charge < -0.3 is 9.88 Å². The summed E-state index contributed by atoms with van der Waals surface area (Å²) in [5, 5.41) is 3.38. The Bertz CT molecular complexity index is 306. The van der Waals surface area contributed by atoms with Gasteiger partial charge in [-0.25, -0.2) is 4.98 Å².